The molecule has 0 fully saturated rings. The highest BCUT2D eigenvalue weighted by Crippen LogP contribution is 2.21. The molecule has 0 saturated heterocycles. The third-order valence-corrected chi connectivity index (χ3v) is 3.24. The fourth-order valence-electron chi connectivity index (χ4n) is 2.07. The molecule has 3 rings (SSSR count). The van der Waals surface area contributed by atoms with Crippen molar-refractivity contribution in [2.75, 3.05) is 5.73 Å². The molecule has 4 N–H and O–H groups in total. The van der Waals surface area contributed by atoms with E-state index in [2.05, 4.69) is 5.10 Å². The molecule has 21 heavy (non-hydrogen) atoms. The summed E-state index contributed by atoms with van der Waals surface area (Å²) in [6.07, 6.45) is 3.71. The topological polar surface area (TPSA) is 86.9 Å². The van der Waals surface area contributed by atoms with E-state index in [1.165, 1.54) is 0 Å². The number of carbonyl (C=O) groups is 1. The zero-order valence-electron chi connectivity index (χ0n) is 11.2. The maximum atomic E-state index is 11.1. The van der Waals surface area contributed by atoms with Crippen LogP contribution in [0.25, 0.3) is 16.8 Å². The van der Waals surface area contributed by atoms with E-state index in [1.54, 1.807) is 35.1 Å². The van der Waals surface area contributed by atoms with Crippen molar-refractivity contribution >= 4 is 11.6 Å². The Kier molecular flexibility index (Phi) is 3.16. The van der Waals surface area contributed by atoms with Gasteiger partial charge in [0.15, 0.2) is 0 Å². The number of primary amides is 1. The first-order valence-corrected chi connectivity index (χ1v) is 6.44. The van der Waals surface area contributed by atoms with Crippen LogP contribution in [0.5, 0.6) is 0 Å². The SMILES string of the molecule is NC(=O)c1ccc(-n2cc(-c3ccc(N)cc3)cn2)cc1. The Hall–Kier alpha value is -3.08. The number of nitrogen functional groups attached to an aromatic ring is 1. The molecule has 104 valence electrons. The van der Waals surface area contributed by atoms with Crippen molar-refractivity contribution in [2.45, 2.75) is 0 Å². The summed E-state index contributed by atoms with van der Waals surface area (Å²) in [5, 5.41) is 4.33. The molecule has 1 heterocycles. The molecule has 0 saturated carbocycles. The van der Waals surface area contributed by atoms with Gasteiger partial charge in [-0.15, -0.1) is 0 Å². The van der Waals surface area contributed by atoms with E-state index in [4.69, 9.17) is 11.5 Å². The summed E-state index contributed by atoms with van der Waals surface area (Å²) in [5.74, 6) is -0.440. The van der Waals surface area contributed by atoms with Gasteiger partial charge >= 0.3 is 0 Å². The Morgan fingerprint density at radius 1 is 0.952 bits per heavy atom. The first-order chi connectivity index (χ1) is 10.1. The molecule has 0 aliphatic rings. The van der Waals surface area contributed by atoms with E-state index in [0.29, 0.717) is 5.56 Å². The highest BCUT2D eigenvalue weighted by Gasteiger charge is 2.05. The fraction of sp³-hybridized carbons (Fsp3) is 0. The fourth-order valence-corrected chi connectivity index (χ4v) is 2.07. The summed E-state index contributed by atoms with van der Waals surface area (Å²) in [6.45, 7) is 0. The molecule has 0 aliphatic carbocycles. The zero-order valence-corrected chi connectivity index (χ0v) is 11.2. The second kappa shape index (κ2) is 5.13. The van der Waals surface area contributed by atoms with Gasteiger partial charge in [0.1, 0.15) is 0 Å². The van der Waals surface area contributed by atoms with E-state index in [0.717, 1.165) is 22.5 Å². The number of anilines is 1. The second-order valence-corrected chi connectivity index (χ2v) is 4.71. The van der Waals surface area contributed by atoms with Crippen molar-refractivity contribution in [3.8, 4) is 16.8 Å². The first kappa shape index (κ1) is 12.9. The van der Waals surface area contributed by atoms with Crippen LogP contribution in [0.4, 0.5) is 5.69 Å². The molecule has 0 atom stereocenters. The molecule has 1 amide bonds. The molecular formula is C16H14N4O. The van der Waals surface area contributed by atoms with Gasteiger partial charge in [0, 0.05) is 23.0 Å². The number of rotatable bonds is 3. The number of benzene rings is 2. The van der Waals surface area contributed by atoms with E-state index in [9.17, 15) is 4.79 Å². The minimum atomic E-state index is -0.440. The number of nitrogens with two attached hydrogens (primary N) is 2. The van der Waals surface area contributed by atoms with Crippen LogP contribution in [-0.4, -0.2) is 15.7 Å². The lowest BCUT2D eigenvalue weighted by molar-refractivity contribution is 0.100. The van der Waals surface area contributed by atoms with Gasteiger partial charge in [0.2, 0.25) is 5.91 Å². The minimum Gasteiger partial charge on any atom is -0.399 e. The molecule has 0 spiro atoms. The number of hydrogen-bond acceptors (Lipinski definition) is 3. The smallest absolute Gasteiger partial charge is 0.248 e. The van der Waals surface area contributed by atoms with E-state index < -0.39 is 5.91 Å². The van der Waals surface area contributed by atoms with Crippen LogP contribution in [0.2, 0.25) is 0 Å². The molecule has 1 aromatic heterocycles. The minimum absolute atomic E-state index is 0.440. The monoisotopic (exact) mass is 278 g/mol. The predicted molar refractivity (Wildman–Crippen MR) is 81.9 cm³/mol. The summed E-state index contributed by atoms with van der Waals surface area (Å²) in [5.41, 5.74) is 15.0. The van der Waals surface area contributed by atoms with Crippen molar-refractivity contribution in [2.24, 2.45) is 5.73 Å². The van der Waals surface area contributed by atoms with Crippen molar-refractivity contribution in [1.29, 1.82) is 0 Å². The maximum Gasteiger partial charge on any atom is 0.248 e. The molecular weight excluding hydrogens is 264 g/mol. The lowest BCUT2D eigenvalue weighted by Gasteiger charge is -2.02. The lowest BCUT2D eigenvalue weighted by Crippen LogP contribution is -2.10. The molecule has 2 aromatic carbocycles. The predicted octanol–water partition coefficient (Wildman–Crippen LogP) is 2.22. The third-order valence-electron chi connectivity index (χ3n) is 3.24. The van der Waals surface area contributed by atoms with Gasteiger partial charge in [-0.1, -0.05) is 12.1 Å². The summed E-state index contributed by atoms with van der Waals surface area (Å²) in [4.78, 5) is 11.1. The number of aromatic nitrogens is 2. The molecule has 0 bridgehead atoms. The normalized spacial score (nSPS) is 10.5. The van der Waals surface area contributed by atoms with Crippen molar-refractivity contribution in [1.82, 2.24) is 9.78 Å². The number of amides is 1. The number of carbonyl (C=O) groups excluding carboxylic acids is 1. The van der Waals surface area contributed by atoms with Gasteiger partial charge in [-0.05, 0) is 42.0 Å². The average Bonchev–Trinajstić information content (AvgIpc) is 2.98. The van der Waals surface area contributed by atoms with Gasteiger partial charge in [-0.25, -0.2) is 4.68 Å². The summed E-state index contributed by atoms with van der Waals surface area (Å²) >= 11 is 0. The number of hydrogen-bond donors (Lipinski definition) is 2. The molecule has 0 aliphatic heterocycles. The van der Waals surface area contributed by atoms with Gasteiger partial charge in [0.25, 0.3) is 0 Å². The van der Waals surface area contributed by atoms with Crippen LogP contribution in [0.1, 0.15) is 10.4 Å². The van der Waals surface area contributed by atoms with Crippen molar-refractivity contribution in [3.63, 3.8) is 0 Å². The van der Waals surface area contributed by atoms with Crippen molar-refractivity contribution in [3.05, 3.63) is 66.5 Å². The van der Waals surface area contributed by atoms with Gasteiger partial charge in [-0.2, -0.15) is 5.10 Å². The van der Waals surface area contributed by atoms with Crippen LogP contribution in [0.15, 0.2) is 60.9 Å². The van der Waals surface area contributed by atoms with Gasteiger partial charge < -0.3 is 11.5 Å². The molecule has 0 radical (unpaired) electrons. The Labute approximate surface area is 121 Å². The largest absolute Gasteiger partial charge is 0.399 e. The molecule has 0 unspecified atom stereocenters. The highest BCUT2D eigenvalue weighted by molar-refractivity contribution is 5.92. The second-order valence-electron chi connectivity index (χ2n) is 4.71. The highest BCUT2D eigenvalue weighted by atomic mass is 16.1. The Balaban J connectivity index is 1.90. The van der Waals surface area contributed by atoms with Crippen LogP contribution >= 0.6 is 0 Å². The van der Waals surface area contributed by atoms with E-state index in [1.807, 2.05) is 30.5 Å². The van der Waals surface area contributed by atoms with Gasteiger partial charge in [-0.3, -0.25) is 4.79 Å². The maximum absolute atomic E-state index is 11.1. The Bertz CT molecular complexity index is 773. The summed E-state index contributed by atoms with van der Waals surface area (Å²) in [6, 6.07) is 14.6. The Morgan fingerprint density at radius 3 is 2.24 bits per heavy atom. The average molecular weight is 278 g/mol. The molecule has 5 heteroatoms. The lowest BCUT2D eigenvalue weighted by atomic mass is 10.1. The van der Waals surface area contributed by atoms with Crippen LogP contribution in [0.3, 0.4) is 0 Å². The number of nitrogens with zero attached hydrogens (tertiary/aromatic N) is 2. The van der Waals surface area contributed by atoms with Crippen LogP contribution in [-0.2, 0) is 0 Å². The van der Waals surface area contributed by atoms with Gasteiger partial charge in [0.05, 0.1) is 11.9 Å². The quantitative estimate of drug-likeness (QED) is 0.720. The Morgan fingerprint density at radius 2 is 1.62 bits per heavy atom. The van der Waals surface area contributed by atoms with Crippen LogP contribution in [0, 0.1) is 0 Å². The third kappa shape index (κ3) is 2.62. The first-order valence-electron chi connectivity index (χ1n) is 6.44. The standard InChI is InChI=1S/C16H14N4O/c17-14-5-1-11(2-6-14)13-9-19-20(10-13)15-7-3-12(4-8-15)16(18)21/h1-10H,17H2,(H2,18,21). The van der Waals surface area contributed by atoms with E-state index >= 15 is 0 Å². The van der Waals surface area contributed by atoms with E-state index in [-0.39, 0.29) is 0 Å². The summed E-state index contributed by atoms with van der Waals surface area (Å²) in [7, 11) is 0. The molecule has 3 aromatic rings. The van der Waals surface area contributed by atoms with Crippen molar-refractivity contribution < 1.29 is 4.79 Å². The molecule has 5 nitrogen and oxygen atoms in total. The zero-order chi connectivity index (χ0) is 14.8. The summed E-state index contributed by atoms with van der Waals surface area (Å²) < 4.78 is 1.75. The van der Waals surface area contributed by atoms with Crippen LogP contribution < -0.4 is 11.5 Å².